The molecule has 0 spiro atoms. The van der Waals surface area contributed by atoms with Gasteiger partial charge in [-0.05, 0) is 37.8 Å². The molecule has 3 rings (SSSR count). The number of ether oxygens (including phenoxy) is 1. The summed E-state index contributed by atoms with van der Waals surface area (Å²) < 4.78 is 54.1. The molecule has 3 atom stereocenters. The molecule has 0 bridgehead atoms. The van der Waals surface area contributed by atoms with E-state index in [9.17, 15) is 27.3 Å². The van der Waals surface area contributed by atoms with Gasteiger partial charge in [-0.2, -0.15) is 8.78 Å². The summed E-state index contributed by atoms with van der Waals surface area (Å²) in [5, 5.41) is 14.4. The molecule has 1 aromatic rings. The van der Waals surface area contributed by atoms with Crippen LogP contribution in [0.15, 0.2) is 23.1 Å². The monoisotopic (exact) mass is 376 g/mol. The smallest absolute Gasteiger partial charge is 0.341 e. The van der Waals surface area contributed by atoms with E-state index in [0.717, 1.165) is 31.7 Å². The first-order chi connectivity index (χ1) is 11.8. The van der Waals surface area contributed by atoms with Crippen molar-refractivity contribution in [2.75, 3.05) is 11.9 Å². The molecule has 2 fully saturated rings. The first-order valence-corrected chi connectivity index (χ1v) is 9.54. The quantitative estimate of drug-likeness (QED) is 0.627. The van der Waals surface area contributed by atoms with E-state index < -0.39 is 31.1 Å². The number of benzene rings is 1. The third-order valence-electron chi connectivity index (χ3n) is 4.85. The van der Waals surface area contributed by atoms with Crippen LogP contribution in [-0.2, 0) is 14.6 Å². The number of nitro benzene ring substituents is 1. The van der Waals surface area contributed by atoms with Gasteiger partial charge >= 0.3 is 5.76 Å². The predicted octanol–water partition coefficient (Wildman–Crippen LogP) is 2.96. The molecule has 1 aliphatic heterocycles. The molecule has 3 unspecified atom stereocenters. The molecule has 7 nitrogen and oxygen atoms in total. The molecule has 0 amide bonds. The maximum absolute atomic E-state index is 12.7. The summed E-state index contributed by atoms with van der Waals surface area (Å²) in [5.74, 6) is -3.39. The van der Waals surface area contributed by atoms with Crippen molar-refractivity contribution in [2.24, 2.45) is 5.92 Å². The second-order valence-corrected chi connectivity index (χ2v) is 8.20. The van der Waals surface area contributed by atoms with Gasteiger partial charge in [0.15, 0.2) is 0 Å². The SMILES string of the molecule is O=[N+]([O-])c1cc(S(=O)(=O)C(F)F)ccc1NC1CCCC2OCCC12. The van der Waals surface area contributed by atoms with Crippen molar-refractivity contribution in [3.05, 3.63) is 28.3 Å². The van der Waals surface area contributed by atoms with Crippen LogP contribution in [0, 0.1) is 16.0 Å². The maximum atomic E-state index is 12.7. The van der Waals surface area contributed by atoms with Gasteiger partial charge in [0.25, 0.3) is 5.69 Å². The Morgan fingerprint density at radius 3 is 2.72 bits per heavy atom. The summed E-state index contributed by atoms with van der Waals surface area (Å²) in [6, 6.07) is 2.82. The first kappa shape index (κ1) is 18.0. The van der Waals surface area contributed by atoms with E-state index in [1.807, 2.05) is 0 Å². The summed E-state index contributed by atoms with van der Waals surface area (Å²) in [6.07, 6.45) is 3.68. The van der Waals surface area contributed by atoms with E-state index in [2.05, 4.69) is 5.32 Å². The van der Waals surface area contributed by atoms with Crippen LogP contribution < -0.4 is 5.32 Å². The lowest BCUT2D eigenvalue weighted by Gasteiger charge is -2.33. The van der Waals surface area contributed by atoms with Gasteiger partial charge in [-0.1, -0.05) is 0 Å². The Hall–Kier alpha value is -1.81. The molecule has 138 valence electrons. The topological polar surface area (TPSA) is 98.5 Å². The van der Waals surface area contributed by atoms with Crippen molar-refractivity contribution >= 4 is 21.2 Å². The Kier molecular flexibility index (Phi) is 4.92. The van der Waals surface area contributed by atoms with Gasteiger partial charge in [-0.3, -0.25) is 10.1 Å². The van der Waals surface area contributed by atoms with E-state index in [1.54, 1.807) is 0 Å². The number of halogens is 2. The molecule has 0 aromatic heterocycles. The van der Waals surface area contributed by atoms with E-state index in [0.29, 0.717) is 12.7 Å². The van der Waals surface area contributed by atoms with Crippen molar-refractivity contribution < 1.29 is 26.9 Å². The predicted molar refractivity (Wildman–Crippen MR) is 85.4 cm³/mol. The molecule has 25 heavy (non-hydrogen) atoms. The molecule has 2 aliphatic rings. The number of sulfone groups is 1. The zero-order valence-electron chi connectivity index (χ0n) is 13.2. The molecule has 1 aromatic carbocycles. The zero-order chi connectivity index (χ0) is 18.2. The lowest BCUT2D eigenvalue weighted by molar-refractivity contribution is -0.384. The fourth-order valence-corrected chi connectivity index (χ4v) is 4.36. The lowest BCUT2D eigenvalue weighted by Crippen LogP contribution is -2.38. The van der Waals surface area contributed by atoms with Crippen LogP contribution in [0.1, 0.15) is 25.7 Å². The minimum atomic E-state index is -4.88. The van der Waals surface area contributed by atoms with Crippen LogP contribution in [0.25, 0.3) is 0 Å². The van der Waals surface area contributed by atoms with E-state index in [1.165, 1.54) is 6.07 Å². The van der Waals surface area contributed by atoms with Gasteiger partial charge in [-0.15, -0.1) is 0 Å². The standard InChI is InChI=1S/C15H18F2N2O5S/c16-15(17)25(22,23)9-4-5-12(13(8-9)19(20)21)18-11-2-1-3-14-10(11)6-7-24-14/h4-5,8,10-11,14-15,18H,1-3,6-7H2. The molecule has 1 saturated heterocycles. The van der Waals surface area contributed by atoms with Gasteiger partial charge in [0.05, 0.1) is 15.9 Å². The minimum Gasteiger partial charge on any atom is -0.378 e. The molecular formula is C15H18F2N2O5S. The van der Waals surface area contributed by atoms with E-state index in [-0.39, 0.29) is 23.8 Å². The summed E-state index contributed by atoms with van der Waals surface area (Å²) in [4.78, 5) is 9.77. The summed E-state index contributed by atoms with van der Waals surface area (Å²) in [6.45, 7) is 0.654. The summed E-state index contributed by atoms with van der Waals surface area (Å²) in [5.41, 5.74) is -0.390. The molecule has 1 saturated carbocycles. The Morgan fingerprint density at radius 2 is 2.04 bits per heavy atom. The average Bonchev–Trinajstić information content (AvgIpc) is 3.04. The Balaban J connectivity index is 1.90. The van der Waals surface area contributed by atoms with Gasteiger partial charge in [0.1, 0.15) is 5.69 Å². The second-order valence-electron chi connectivity index (χ2n) is 6.29. The summed E-state index contributed by atoms with van der Waals surface area (Å²) in [7, 11) is -4.88. The van der Waals surface area contributed by atoms with Crippen LogP contribution >= 0.6 is 0 Å². The van der Waals surface area contributed by atoms with Gasteiger partial charge in [0, 0.05) is 24.6 Å². The number of rotatable bonds is 5. The van der Waals surface area contributed by atoms with E-state index >= 15 is 0 Å². The largest absolute Gasteiger partial charge is 0.378 e. The highest BCUT2D eigenvalue weighted by molar-refractivity contribution is 7.91. The second kappa shape index (κ2) is 6.83. The normalized spacial score (nSPS) is 26.4. The molecule has 1 N–H and O–H groups in total. The van der Waals surface area contributed by atoms with Crippen molar-refractivity contribution in [3.63, 3.8) is 0 Å². The molecular weight excluding hydrogens is 358 g/mol. The average molecular weight is 376 g/mol. The number of alkyl halides is 2. The van der Waals surface area contributed by atoms with Gasteiger partial charge in [0.2, 0.25) is 9.84 Å². The van der Waals surface area contributed by atoms with Crippen molar-refractivity contribution in [1.82, 2.24) is 0 Å². The highest BCUT2D eigenvalue weighted by Crippen LogP contribution is 2.38. The number of nitrogens with zero attached hydrogens (tertiary/aromatic N) is 1. The maximum Gasteiger partial charge on any atom is 0.341 e. The molecule has 10 heteroatoms. The molecule has 1 heterocycles. The third kappa shape index (κ3) is 3.45. The Bertz CT molecular complexity index is 771. The Labute approximate surface area is 143 Å². The van der Waals surface area contributed by atoms with E-state index in [4.69, 9.17) is 4.74 Å². The number of nitro groups is 1. The fraction of sp³-hybridized carbons (Fsp3) is 0.600. The number of anilines is 1. The van der Waals surface area contributed by atoms with Gasteiger partial charge in [-0.25, -0.2) is 8.42 Å². The highest BCUT2D eigenvalue weighted by atomic mass is 32.2. The van der Waals surface area contributed by atoms with Crippen molar-refractivity contribution in [2.45, 2.75) is 48.5 Å². The third-order valence-corrected chi connectivity index (χ3v) is 6.23. The van der Waals surface area contributed by atoms with Gasteiger partial charge < -0.3 is 10.1 Å². The molecule has 1 aliphatic carbocycles. The number of fused-ring (bicyclic) bond motifs is 1. The number of nitrogens with one attached hydrogen (secondary N) is 1. The zero-order valence-corrected chi connectivity index (χ0v) is 14.0. The van der Waals surface area contributed by atoms with Crippen LogP contribution in [0.5, 0.6) is 0 Å². The number of hydrogen-bond acceptors (Lipinski definition) is 6. The van der Waals surface area contributed by atoms with Crippen molar-refractivity contribution in [1.29, 1.82) is 0 Å². The lowest BCUT2D eigenvalue weighted by atomic mass is 9.81. The summed E-state index contributed by atoms with van der Waals surface area (Å²) >= 11 is 0. The van der Waals surface area contributed by atoms with Crippen LogP contribution in [0.3, 0.4) is 0 Å². The minimum absolute atomic E-state index is 0.0301. The highest BCUT2D eigenvalue weighted by Gasteiger charge is 2.38. The molecule has 0 radical (unpaired) electrons. The van der Waals surface area contributed by atoms with Crippen LogP contribution in [0.4, 0.5) is 20.2 Å². The Morgan fingerprint density at radius 1 is 1.28 bits per heavy atom. The number of hydrogen-bond donors (Lipinski definition) is 1. The first-order valence-electron chi connectivity index (χ1n) is 7.99. The van der Waals surface area contributed by atoms with Crippen molar-refractivity contribution in [3.8, 4) is 0 Å². The van der Waals surface area contributed by atoms with Crippen LogP contribution in [-0.4, -0.2) is 37.9 Å². The van der Waals surface area contributed by atoms with Crippen LogP contribution in [0.2, 0.25) is 0 Å². The fourth-order valence-electron chi connectivity index (χ4n) is 3.62.